The fraction of sp³-hybridized carbons (Fsp3) is 0.385. The van der Waals surface area contributed by atoms with Gasteiger partial charge in [0.15, 0.2) is 0 Å². The minimum Gasteiger partial charge on any atom is -0.398 e. The minimum absolute atomic E-state index is 0.180. The summed E-state index contributed by atoms with van der Waals surface area (Å²) in [5.41, 5.74) is 12.7. The van der Waals surface area contributed by atoms with Gasteiger partial charge in [-0.2, -0.15) is 5.26 Å². The zero-order valence-electron chi connectivity index (χ0n) is 10.3. The van der Waals surface area contributed by atoms with Crippen molar-refractivity contribution in [2.75, 3.05) is 18.8 Å². The lowest BCUT2D eigenvalue weighted by molar-refractivity contribution is -0.119. The summed E-state index contributed by atoms with van der Waals surface area (Å²) in [5.74, 6) is -0.374. The second kappa shape index (κ2) is 7.30. The van der Waals surface area contributed by atoms with E-state index in [0.29, 0.717) is 25.2 Å². The molecule has 1 aromatic carbocycles. The quantitative estimate of drug-likeness (QED) is 0.551. The molecule has 5 nitrogen and oxygen atoms in total. The van der Waals surface area contributed by atoms with E-state index in [4.69, 9.17) is 16.7 Å². The van der Waals surface area contributed by atoms with Crippen molar-refractivity contribution in [2.45, 2.75) is 19.4 Å². The summed E-state index contributed by atoms with van der Waals surface area (Å²) >= 11 is 0. The number of carbonyl (C=O) groups excluding carboxylic acids is 1. The molecule has 0 fully saturated rings. The van der Waals surface area contributed by atoms with E-state index in [1.165, 1.54) is 0 Å². The molecule has 0 bridgehead atoms. The van der Waals surface area contributed by atoms with E-state index in [1.807, 2.05) is 29.2 Å². The number of unbranched alkanes of at least 4 members (excludes halogenated alkanes) is 1. The predicted molar refractivity (Wildman–Crippen MR) is 70.2 cm³/mol. The van der Waals surface area contributed by atoms with Crippen LogP contribution in [0.15, 0.2) is 24.3 Å². The minimum atomic E-state index is -0.374. The van der Waals surface area contributed by atoms with Gasteiger partial charge < -0.3 is 11.5 Å². The number of para-hydroxylation sites is 1. The summed E-state index contributed by atoms with van der Waals surface area (Å²) in [5, 5.41) is 8.51. The standard InChI is InChI=1S/C13H18N4O/c14-7-3-4-8-17(10-13(16)18)9-11-5-1-2-6-12(11)15/h1-2,5-6H,3-4,8-10,15H2,(H2,16,18). The first-order valence-corrected chi connectivity index (χ1v) is 5.84. The molecule has 0 unspecified atom stereocenters. The van der Waals surface area contributed by atoms with Crippen LogP contribution >= 0.6 is 0 Å². The van der Waals surface area contributed by atoms with E-state index < -0.39 is 0 Å². The summed E-state index contributed by atoms with van der Waals surface area (Å²) in [6.07, 6.45) is 1.19. The Labute approximate surface area is 107 Å². The Morgan fingerprint density at radius 2 is 2.11 bits per heavy atom. The SMILES string of the molecule is N#CCCCN(CC(N)=O)Cc1ccccc1N. The molecular formula is C13H18N4O. The molecule has 5 heteroatoms. The molecule has 0 saturated heterocycles. The molecule has 0 aliphatic rings. The highest BCUT2D eigenvalue weighted by atomic mass is 16.1. The Morgan fingerprint density at radius 3 is 2.72 bits per heavy atom. The lowest BCUT2D eigenvalue weighted by atomic mass is 10.1. The number of nitrogen functional groups attached to an aromatic ring is 1. The Balaban J connectivity index is 2.63. The van der Waals surface area contributed by atoms with Gasteiger partial charge in [-0.25, -0.2) is 0 Å². The maximum Gasteiger partial charge on any atom is 0.231 e. The largest absolute Gasteiger partial charge is 0.398 e. The highest BCUT2D eigenvalue weighted by molar-refractivity contribution is 5.75. The Hall–Kier alpha value is -2.06. The first kappa shape index (κ1) is 14.0. The van der Waals surface area contributed by atoms with Gasteiger partial charge >= 0.3 is 0 Å². The van der Waals surface area contributed by atoms with Crippen LogP contribution in [-0.2, 0) is 11.3 Å². The van der Waals surface area contributed by atoms with Crippen LogP contribution in [0, 0.1) is 11.3 Å². The number of hydrogen-bond acceptors (Lipinski definition) is 4. The van der Waals surface area contributed by atoms with Crippen LogP contribution in [0.5, 0.6) is 0 Å². The number of carbonyl (C=O) groups is 1. The van der Waals surface area contributed by atoms with Crippen LogP contribution in [0.3, 0.4) is 0 Å². The summed E-state index contributed by atoms with van der Waals surface area (Å²) in [7, 11) is 0. The second-order valence-electron chi connectivity index (χ2n) is 4.14. The van der Waals surface area contributed by atoms with Crippen molar-refractivity contribution in [3.05, 3.63) is 29.8 Å². The number of primary amides is 1. The zero-order chi connectivity index (χ0) is 13.4. The summed E-state index contributed by atoms with van der Waals surface area (Å²) in [6, 6.07) is 9.61. The molecule has 0 aromatic heterocycles. The average molecular weight is 246 g/mol. The lowest BCUT2D eigenvalue weighted by Crippen LogP contribution is -2.34. The van der Waals surface area contributed by atoms with Crippen molar-refractivity contribution in [3.8, 4) is 6.07 Å². The van der Waals surface area contributed by atoms with Crippen molar-refractivity contribution in [2.24, 2.45) is 5.73 Å². The molecular weight excluding hydrogens is 228 g/mol. The Morgan fingerprint density at radius 1 is 1.39 bits per heavy atom. The number of nitriles is 1. The molecule has 1 amide bonds. The maximum atomic E-state index is 11.0. The van der Waals surface area contributed by atoms with Gasteiger partial charge in [-0.1, -0.05) is 18.2 Å². The number of rotatable bonds is 7. The topological polar surface area (TPSA) is 96.1 Å². The van der Waals surface area contributed by atoms with Crippen LogP contribution in [0.4, 0.5) is 5.69 Å². The molecule has 0 aliphatic carbocycles. The van der Waals surface area contributed by atoms with Gasteiger partial charge in [-0.3, -0.25) is 9.69 Å². The molecule has 96 valence electrons. The van der Waals surface area contributed by atoms with Gasteiger partial charge in [0.2, 0.25) is 5.91 Å². The fourth-order valence-electron chi connectivity index (χ4n) is 1.74. The number of nitrogens with zero attached hydrogens (tertiary/aromatic N) is 2. The van der Waals surface area contributed by atoms with Gasteiger partial charge in [0.25, 0.3) is 0 Å². The lowest BCUT2D eigenvalue weighted by Gasteiger charge is -2.21. The smallest absolute Gasteiger partial charge is 0.231 e. The number of amides is 1. The van der Waals surface area contributed by atoms with Gasteiger partial charge in [-0.05, 0) is 18.1 Å². The van der Waals surface area contributed by atoms with E-state index in [0.717, 1.165) is 12.0 Å². The second-order valence-corrected chi connectivity index (χ2v) is 4.14. The van der Waals surface area contributed by atoms with Crippen molar-refractivity contribution in [1.82, 2.24) is 4.90 Å². The van der Waals surface area contributed by atoms with E-state index >= 15 is 0 Å². The maximum absolute atomic E-state index is 11.0. The number of benzene rings is 1. The number of hydrogen-bond donors (Lipinski definition) is 2. The highest BCUT2D eigenvalue weighted by Gasteiger charge is 2.10. The Kier molecular flexibility index (Phi) is 5.68. The molecule has 18 heavy (non-hydrogen) atoms. The fourth-order valence-corrected chi connectivity index (χ4v) is 1.74. The van der Waals surface area contributed by atoms with Crippen molar-refractivity contribution in [3.63, 3.8) is 0 Å². The molecule has 0 heterocycles. The van der Waals surface area contributed by atoms with E-state index in [2.05, 4.69) is 6.07 Å². The predicted octanol–water partition coefficient (Wildman–Crippen LogP) is 0.860. The molecule has 0 aliphatic heterocycles. The Bertz CT molecular complexity index is 439. The van der Waals surface area contributed by atoms with Crippen molar-refractivity contribution in [1.29, 1.82) is 5.26 Å². The van der Waals surface area contributed by atoms with E-state index in [-0.39, 0.29) is 12.5 Å². The number of nitrogens with two attached hydrogens (primary N) is 2. The molecule has 4 N–H and O–H groups in total. The molecule has 1 aromatic rings. The molecule has 0 saturated carbocycles. The van der Waals surface area contributed by atoms with Crippen LogP contribution in [-0.4, -0.2) is 23.9 Å². The van der Waals surface area contributed by atoms with Crippen LogP contribution in [0.1, 0.15) is 18.4 Å². The monoisotopic (exact) mass is 246 g/mol. The van der Waals surface area contributed by atoms with Gasteiger partial charge in [0, 0.05) is 25.2 Å². The van der Waals surface area contributed by atoms with Gasteiger partial charge in [0.1, 0.15) is 0 Å². The van der Waals surface area contributed by atoms with Gasteiger partial charge in [-0.15, -0.1) is 0 Å². The van der Waals surface area contributed by atoms with Crippen molar-refractivity contribution >= 4 is 11.6 Å². The van der Waals surface area contributed by atoms with Crippen molar-refractivity contribution < 1.29 is 4.79 Å². The normalized spacial score (nSPS) is 10.2. The number of anilines is 1. The first-order valence-electron chi connectivity index (χ1n) is 5.84. The summed E-state index contributed by atoms with van der Waals surface area (Å²) in [6.45, 7) is 1.41. The highest BCUT2D eigenvalue weighted by Crippen LogP contribution is 2.13. The van der Waals surface area contributed by atoms with Crippen LogP contribution in [0.25, 0.3) is 0 Å². The summed E-state index contributed by atoms with van der Waals surface area (Å²) in [4.78, 5) is 12.9. The first-order chi connectivity index (χ1) is 8.63. The third-order valence-corrected chi connectivity index (χ3v) is 2.59. The van der Waals surface area contributed by atoms with E-state index in [1.54, 1.807) is 0 Å². The van der Waals surface area contributed by atoms with E-state index in [9.17, 15) is 4.79 Å². The molecule has 0 atom stereocenters. The average Bonchev–Trinajstić information content (AvgIpc) is 2.31. The zero-order valence-corrected chi connectivity index (χ0v) is 10.3. The molecule has 0 spiro atoms. The van der Waals surface area contributed by atoms with Crippen LogP contribution in [0.2, 0.25) is 0 Å². The summed E-state index contributed by atoms with van der Waals surface area (Å²) < 4.78 is 0. The van der Waals surface area contributed by atoms with Gasteiger partial charge in [0.05, 0.1) is 12.6 Å². The third-order valence-electron chi connectivity index (χ3n) is 2.59. The molecule has 1 rings (SSSR count). The third kappa shape index (κ3) is 4.85. The molecule has 0 radical (unpaired) electrons. The van der Waals surface area contributed by atoms with Crippen LogP contribution < -0.4 is 11.5 Å².